The van der Waals surface area contributed by atoms with Crippen LogP contribution in [-0.2, 0) is 4.74 Å². The van der Waals surface area contributed by atoms with Crippen LogP contribution in [-0.4, -0.2) is 24.7 Å². The number of benzene rings is 1. The number of rotatable bonds is 5. The maximum absolute atomic E-state index is 11.5. The first-order chi connectivity index (χ1) is 9.36. The fourth-order valence-electron chi connectivity index (χ4n) is 2.69. The van der Waals surface area contributed by atoms with Crippen molar-refractivity contribution in [2.24, 2.45) is 11.1 Å². The first-order valence-corrected chi connectivity index (χ1v) is 6.93. The van der Waals surface area contributed by atoms with Crippen molar-refractivity contribution in [3.8, 4) is 0 Å². The van der Waals surface area contributed by atoms with Gasteiger partial charge in [0.15, 0.2) is 0 Å². The summed E-state index contributed by atoms with van der Waals surface area (Å²) in [4.78, 5) is 11.5. The molecule has 0 radical (unpaired) electrons. The summed E-state index contributed by atoms with van der Waals surface area (Å²) in [5, 5.41) is 3.40. The van der Waals surface area contributed by atoms with E-state index in [9.17, 15) is 4.79 Å². The van der Waals surface area contributed by atoms with Crippen LogP contribution in [0.25, 0.3) is 0 Å². The summed E-state index contributed by atoms with van der Waals surface area (Å²) in [6.45, 7) is 7.04. The third-order valence-corrected chi connectivity index (χ3v) is 4.18. The third kappa shape index (κ3) is 2.58. The molecule has 1 saturated carbocycles. The number of nitrogen functional groups attached to an aromatic ring is 1. The zero-order chi connectivity index (χ0) is 14.9. The predicted octanol–water partition coefficient (Wildman–Crippen LogP) is 1.98. The number of carbonyl (C=O) groups excluding carboxylic acids is 1. The second-order valence-electron chi connectivity index (χ2n) is 5.87. The summed E-state index contributed by atoms with van der Waals surface area (Å²) >= 11 is 0. The molecule has 2 atom stereocenters. The van der Waals surface area contributed by atoms with Crippen LogP contribution in [0, 0.1) is 5.41 Å². The molecule has 110 valence electrons. The monoisotopic (exact) mass is 277 g/mol. The summed E-state index contributed by atoms with van der Waals surface area (Å²) in [5.41, 5.74) is 12.8. The van der Waals surface area contributed by atoms with Crippen molar-refractivity contribution in [1.82, 2.24) is 0 Å². The average Bonchev–Trinajstić information content (AvgIpc) is 2.39. The lowest BCUT2D eigenvalue weighted by Gasteiger charge is -2.52. The molecule has 5 N–H and O–H groups in total. The summed E-state index contributed by atoms with van der Waals surface area (Å²) < 4.78 is 5.71. The topological polar surface area (TPSA) is 90.4 Å². The van der Waals surface area contributed by atoms with Crippen LogP contribution in [0.1, 0.15) is 37.6 Å². The van der Waals surface area contributed by atoms with Gasteiger partial charge in [0.1, 0.15) is 0 Å². The number of amides is 1. The van der Waals surface area contributed by atoms with Crippen LogP contribution in [0.15, 0.2) is 18.2 Å². The molecule has 0 bridgehead atoms. The Balaban J connectivity index is 2.14. The van der Waals surface area contributed by atoms with Gasteiger partial charge in [0.25, 0.3) is 5.91 Å². The van der Waals surface area contributed by atoms with Gasteiger partial charge >= 0.3 is 0 Å². The van der Waals surface area contributed by atoms with Crippen molar-refractivity contribution in [3.63, 3.8) is 0 Å². The molecule has 0 saturated heterocycles. The molecule has 20 heavy (non-hydrogen) atoms. The van der Waals surface area contributed by atoms with E-state index in [1.807, 2.05) is 6.92 Å². The van der Waals surface area contributed by atoms with E-state index in [0.29, 0.717) is 11.3 Å². The molecule has 2 rings (SSSR count). The van der Waals surface area contributed by atoms with E-state index in [1.54, 1.807) is 18.2 Å². The molecule has 0 spiro atoms. The van der Waals surface area contributed by atoms with Gasteiger partial charge < -0.3 is 21.5 Å². The fraction of sp³-hybridized carbons (Fsp3) is 0.533. The van der Waals surface area contributed by atoms with Crippen molar-refractivity contribution < 1.29 is 9.53 Å². The van der Waals surface area contributed by atoms with E-state index < -0.39 is 5.91 Å². The number of hydrogen-bond donors (Lipinski definition) is 3. The lowest BCUT2D eigenvalue weighted by atomic mass is 9.64. The van der Waals surface area contributed by atoms with E-state index >= 15 is 0 Å². The molecule has 1 aromatic rings. The number of hydrogen-bond acceptors (Lipinski definition) is 4. The van der Waals surface area contributed by atoms with E-state index in [0.717, 1.165) is 18.7 Å². The van der Waals surface area contributed by atoms with Gasteiger partial charge in [0.05, 0.1) is 11.7 Å². The molecule has 1 fully saturated rings. The maximum atomic E-state index is 11.5. The Morgan fingerprint density at radius 2 is 2.20 bits per heavy atom. The number of ether oxygens (including phenoxy) is 1. The first-order valence-electron chi connectivity index (χ1n) is 6.93. The highest BCUT2D eigenvalue weighted by Gasteiger charge is 2.49. The van der Waals surface area contributed by atoms with Crippen molar-refractivity contribution in [1.29, 1.82) is 0 Å². The number of nitrogens with two attached hydrogens (primary N) is 2. The molecule has 5 nitrogen and oxygen atoms in total. The molecule has 2 unspecified atom stereocenters. The summed E-state index contributed by atoms with van der Waals surface area (Å²) in [7, 11) is 0. The van der Waals surface area contributed by atoms with Crippen molar-refractivity contribution >= 4 is 17.3 Å². The normalized spacial score (nSPS) is 23.9. The molecule has 1 amide bonds. The Kier molecular flexibility index (Phi) is 3.90. The van der Waals surface area contributed by atoms with Crippen LogP contribution in [0.2, 0.25) is 0 Å². The summed E-state index contributed by atoms with van der Waals surface area (Å²) in [6.07, 6.45) is 1.17. The molecule has 0 heterocycles. The highest BCUT2D eigenvalue weighted by molar-refractivity contribution is 5.99. The Hall–Kier alpha value is -1.75. The Bertz CT molecular complexity index is 514. The highest BCUT2D eigenvalue weighted by atomic mass is 16.5. The maximum Gasteiger partial charge on any atom is 0.250 e. The molecule has 5 heteroatoms. The smallest absolute Gasteiger partial charge is 0.250 e. The lowest BCUT2D eigenvalue weighted by Crippen LogP contribution is -2.58. The van der Waals surface area contributed by atoms with Gasteiger partial charge in [-0.25, -0.2) is 0 Å². The van der Waals surface area contributed by atoms with Crippen LogP contribution < -0.4 is 16.8 Å². The zero-order valence-electron chi connectivity index (χ0n) is 12.3. The van der Waals surface area contributed by atoms with Crippen LogP contribution >= 0.6 is 0 Å². The largest absolute Gasteiger partial charge is 0.399 e. The molecule has 1 aliphatic carbocycles. The molecule has 0 aliphatic heterocycles. The van der Waals surface area contributed by atoms with Gasteiger partial charge in [0.2, 0.25) is 0 Å². The van der Waals surface area contributed by atoms with E-state index in [-0.39, 0.29) is 17.6 Å². The molecule has 1 aliphatic rings. The van der Waals surface area contributed by atoms with Crippen LogP contribution in [0.4, 0.5) is 11.4 Å². The van der Waals surface area contributed by atoms with Gasteiger partial charge in [-0.3, -0.25) is 4.79 Å². The molecular formula is C15H23N3O2. The van der Waals surface area contributed by atoms with E-state index in [2.05, 4.69) is 19.2 Å². The van der Waals surface area contributed by atoms with Crippen molar-refractivity contribution in [2.75, 3.05) is 17.7 Å². The van der Waals surface area contributed by atoms with E-state index in [4.69, 9.17) is 16.2 Å². The van der Waals surface area contributed by atoms with Crippen LogP contribution in [0.5, 0.6) is 0 Å². The van der Waals surface area contributed by atoms with Gasteiger partial charge in [-0.05, 0) is 31.5 Å². The van der Waals surface area contributed by atoms with Crippen molar-refractivity contribution in [3.05, 3.63) is 23.8 Å². The van der Waals surface area contributed by atoms with Crippen molar-refractivity contribution in [2.45, 2.75) is 39.3 Å². The number of nitrogens with one attached hydrogen (secondary N) is 1. The number of anilines is 2. The number of primary amides is 1. The van der Waals surface area contributed by atoms with Crippen LogP contribution in [0.3, 0.4) is 0 Å². The quantitative estimate of drug-likeness (QED) is 0.718. The predicted molar refractivity (Wildman–Crippen MR) is 80.6 cm³/mol. The second kappa shape index (κ2) is 5.32. The van der Waals surface area contributed by atoms with Gasteiger partial charge in [-0.15, -0.1) is 0 Å². The van der Waals surface area contributed by atoms with Gasteiger partial charge in [-0.1, -0.05) is 13.8 Å². The van der Waals surface area contributed by atoms with Gasteiger partial charge in [0, 0.05) is 29.4 Å². The fourth-order valence-corrected chi connectivity index (χ4v) is 2.69. The Morgan fingerprint density at radius 1 is 1.50 bits per heavy atom. The molecular weight excluding hydrogens is 254 g/mol. The van der Waals surface area contributed by atoms with Gasteiger partial charge in [-0.2, -0.15) is 0 Å². The summed E-state index contributed by atoms with van der Waals surface area (Å²) in [6, 6.07) is 5.43. The molecule has 1 aromatic carbocycles. The average molecular weight is 277 g/mol. The third-order valence-electron chi connectivity index (χ3n) is 4.18. The highest BCUT2D eigenvalue weighted by Crippen LogP contribution is 2.44. The Morgan fingerprint density at radius 3 is 2.75 bits per heavy atom. The SMILES string of the molecule is CCOC1CC(Nc2ccc(N)cc2C(N)=O)C1(C)C. The van der Waals surface area contributed by atoms with E-state index in [1.165, 1.54) is 0 Å². The summed E-state index contributed by atoms with van der Waals surface area (Å²) in [5.74, 6) is -0.474. The first kappa shape index (κ1) is 14.7. The Labute approximate surface area is 119 Å². The second-order valence-corrected chi connectivity index (χ2v) is 5.87. The minimum atomic E-state index is -0.474. The molecule has 0 aromatic heterocycles. The minimum Gasteiger partial charge on any atom is -0.399 e. The lowest BCUT2D eigenvalue weighted by molar-refractivity contribution is -0.0976. The number of carbonyl (C=O) groups is 1. The standard InChI is InChI=1S/C15H23N3O2/c1-4-20-13-8-12(15(13,2)3)18-11-6-5-9(16)7-10(11)14(17)19/h5-7,12-13,18H,4,8,16H2,1-3H3,(H2,17,19). The zero-order valence-corrected chi connectivity index (χ0v) is 12.3. The minimum absolute atomic E-state index is 0.0202.